The highest BCUT2D eigenvalue weighted by atomic mass is 16.7. The average Bonchev–Trinajstić information content (AvgIpc) is 2.70. The Bertz CT molecular complexity index is 513. The molecule has 16 heavy (non-hydrogen) atoms. The maximum Gasteiger partial charge on any atom is 0.785 e. The van der Waals surface area contributed by atoms with E-state index in [9.17, 15) is 5.02 Å². The molecule has 0 radical (unpaired) electrons. The van der Waals surface area contributed by atoms with Gasteiger partial charge in [0.05, 0.1) is 0 Å². The van der Waals surface area contributed by atoms with Gasteiger partial charge in [0.1, 0.15) is 5.75 Å². The van der Waals surface area contributed by atoms with Crippen LogP contribution in [0.2, 0.25) is 0 Å². The lowest BCUT2D eigenvalue weighted by atomic mass is 10.0. The van der Waals surface area contributed by atoms with Gasteiger partial charge >= 0.3 is 7.32 Å². The largest absolute Gasteiger partial charge is 0.785 e. The van der Waals surface area contributed by atoms with Crippen LogP contribution in [0.1, 0.15) is 0 Å². The average molecular weight is 212 g/mol. The minimum atomic E-state index is -1.19. The van der Waals surface area contributed by atoms with Crippen molar-refractivity contribution < 1.29 is 14.3 Å². The van der Waals surface area contributed by atoms with Crippen molar-refractivity contribution in [1.82, 2.24) is 0 Å². The zero-order valence-corrected chi connectivity index (χ0v) is 8.46. The summed E-state index contributed by atoms with van der Waals surface area (Å²) in [7, 11) is -1.19. The Morgan fingerprint density at radius 2 is 1.69 bits per heavy atom. The lowest BCUT2D eigenvalue weighted by Gasteiger charge is -2.06. The Labute approximate surface area is 93.4 Å². The number of hydrogen-bond donors (Lipinski definition) is 1. The summed E-state index contributed by atoms with van der Waals surface area (Å²) in [6.45, 7) is 0. The van der Waals surface area contributed by atoms with E-state index in [2.05, 4.69) is 0 Å². The van der Waals surface area contributed by atoms with Crippen molar-refractivity contribution in [2.24, 2.45) is 0 Å². The van der Waals surface area contributed by atoms with Crippen LogP contribution >= 0.6 is 0 Å². The zero-order chi connectivity index (χ0) is 11.0. The highest BCUT2D eigenvalue weighted by molar-refractivity contribution is 6.38. The van der Waals surface area contributed by atoms with Crippen LogP contribution in [0, 0.1) is 0 Å². The molecule has 3 nitrogen and oxygen atoms in total. The SMILES string of the molecule is OB1Oc2cccc(-c3ccccc3)c2O1. The van der Waals surface area contributed by atoms with Gasteiger partial charge in [0.15, 0.2) is 5.75 Å². The Kier molecular flexibility index (Phi) is 2.08. The minimum absolute atomic E-state index is 0.578. The molecule has 0 amide bonds. The van der Waals surface area contributed by atoms with Gasteiger partial charge < -0.3 is 14.3 Å². The van der Waals surface area contributed by atoms with Gasteiger partial charge in [-0.15, -0.1) is 0 Å². The number of rotatable bonds is 1. The fourth-order valence-electron chi connectivity index (χ4n) is 1.81. The van der Waals surface area contributed by atoms with Crippen LogP contribution in [0.3, 0.4) is 0 Å². The maximum atomic E-state index is 9.28. The molecule has 1 aliphatic rings. The lowest BCUT2D eigenvalue weighted by Crippen LogP contribution is -2.23. The van der Waals surface area contributed by atoms with Crippen LogP contribution in [-0.4, -0.2) is 12.3 Å². The van der Waals surface area contributed by atoms with Crippen LogP contribution in [-0.2, 0) is 0 Å². The molecule has 2 aromatic carbocycles. The first-order valence-electron chi connectivity index (χ1n) is 5.04. The van der Waals surface area contributed by atoms with Gasteiger partial charge in [0.2, 0.25) is 0 Å². The number of hydrogen-bond acceptors (Lipinski definition) is 3. The zero-order valence-electron chi connectivity index (χ0n) is 8.46. The third-order valence-electron chi connectivity index (χ3n) is 2.51. The molecule has 1 aliphatic heterocycles. The van der Waals surface area contributed by atoms with E-state index in [0.29, 0.717) is 11.5 Å². The fourth-order valence-corrected chi connectivity index (χ4v) is 1.81. The van der Waals surface area contributed by atoms with E-state index >= 15 is 0 Å². The molecule has 0 aromatic heterocycles. The molecule has 0 fully saturated rings. The van der Waals surface area contributed by atoms with Gasteiger partial charge in [-0.2, -0.15) is 0 Å². The summed E-state index contributed by atoms with van der Waals surface area (Å²) in [5.41, 5.74) is 1.96. The topological polar surface area (TPSA) is 38.7 Å². The standard InChI is InChI=1S/C12H9BO3/c14-13-15-11-8-4-7-10(12(11)16-13)9-5-2-1-3-6-9/h1-8,14H. The van der Waals surface area contributed by atoms with E-state index in [4.69, 9.17) is 9.31 Å². The van der Waals surface area contributed by atoms with E-state index < -0.39 is 7.32 Å². The quantitative estimate of drug-likeness (QED) is 0.735. The first-order valence-corrected chi connectivity index (χ1v) is 5.04. The molecular formula is C12H9BO3. The predicted molar refractivity (Wildman–Crippen MR) is 61.1 cm³/mol. The Morgan fingerprint density at radius 3 is 2.50 bits per heavy atom. The van der Waals surface area contributed by atoms with Crippen molar-refractivity contribution in [3.63, 3.8) is 0 Å². The molecule has 0 saturated heterocycles. The summed E-state index contributed by atoms with van der Waals surface area (Å²) >= 11 is 0. The fraction of sp³-hybridized carbons (Fsp3) is 0. The monoisotopic (exact) mass is 212 g/mol. The van der Waals surface area contributed by atoms with Gasteiger partial charge in [-0.05, 0) is 11.6 Å². The number of para-hydroxylation sites is 1. The van der Waals surface area contributed by atoms with E-state index in [-0.39, 0.29) is 0 Å². The second-order valence-electron chi connectivity index (χ2n) is 3.54. The Balaban J connectivity index is 2.14. The molecule has 0 atom stereocenters. The summed E-state index contributed by atoms with van der Waals surface area (Å²) < 4.78 is 10.3. The molecule has 78 valence electrons. The van der Waals surface area contributed by atoms with E-state index in [1.807, 2.05) is 42.5 Å². The van der Waals surface area contributed by atoms with Gasteiger partial charge in [0, 0.05) is 5.56 Å². The summed E-state index contributed by atoms with van der Waals surface area (Å²) in [4.78, 5) is 0. The van der Waals surface area contributed by atoms with Gasteiger partial charge in [-0.1, -0.05) is 42.5 Å². The second kappa shape index (κ2) is 3.57. The van der Waals surface area contributed by atoms with Crippen molar-refractivity contribution in [1.29, 1.82) is 0 Å². The molecule has 1 heterocycles. The third-order valence-corrected chi connectivity index (χ3v) is 2.51. The van der Waals surface area contributed by atoms with Crippen LogP contribution in [0.25, 0.3) is 11.1 Å². The Hall–Kier alpha value is -1.94. The summed E-state index contributed by atoms with van der Waals surface area (Å²) in [6, 6.07) is 15.4. The van der Waals surface area contributed by atoms with E-state index in [0.717, 1.165) is 11.1 Å². The van der Waals surface area contributed by atoms with Gasteiger partial charge in [0.25, 0.3) is 0 Å². The van der Waals surface area contributed by atoms with Crippen molar-refractivity contribution in [2.45, 2.75) is 0 Å². The van der Waals surface area contributed by atoms with Crippen molar-refractivity contribution in [3.8, 4) is 22.6 Å². The third kappa shape index (κ3) is 1.44. The molecule has 1 N–H and O–H groups in total. The highest BCUT2D eigenvalue weighted by Crippen LogP contribution is 2.41. The smallest absolute Gasteiger partial charge is 0.498 e. The van der Waals surface area contributed by atoms with Crippen LogP contribution in [0.5, 0.6) is 11.5 Å². The van der Waals surface area contributed by atoms with Crippen LogP contribution in [0.15, 0.2) is 48.5 Å². The van der Waals surface area contributed by atoms with Crippen LogP contribution < -0.4 is 9.31 Å². The van der Waals surface area contributed by atoms with Gasteiger partial charge in [-0.3, -0.25) is 0 Å². The van der Waals surface area contributed by atoms with Crippen molar-refractivity contribution in [3.05, 3.63) is 48.5 Å². The molecule has 2 aromatic rings. The predicted octanol–water partition coefficient (Wildman–Crippen LogP) is 2.10. The molecule has 0 spiro atoms. The molecule has 0 saturated carbocycles. The van der Waals surface area contributed by atoms with Gasteiger partial charge in [-0.25, -0.2) is 0 Å². The number of benzene rings is 2. The van der Waals surface area contributed by atoms with Crippen LogP contribution in [0.4, 0.5) is 0 Å². The minimum Gasteiger partial charge on any atom is -0.498 e. The maximum absolute atomic E-state index is 9.28. The summed E-state index contributed by atoms with van der Waals surface area (Å²) in [5.74, 6) is 1.18. The van der Waals surface area contributed by atoms with Crippen molar-refractivity contribution >= 4 is 7.32 Å². The summed E-state index contributed by atoms with van der Waals surface area (Å²) in [5, 5.41) is 9.28. The molecule has 0 bridgehead atoms. The molecule has 4 heteroatoms. The molecule has 0 aliphatic carbocycles. The van der Waals surface area contributed by atoms with E-state index in [1.54, 1.807) is 6.07 Å². The van der Waals surface area contributed by atoms with E-state index in [1.165, 1.54) is 0 Å². The van der Waals surface area contributed by atoms with Crippen molar-refractivity contribution in [2.75, 3.05) is 0 Å². The normalized spacial score (nSPS) is 12.9. The number of fused-ring (bicyclic) bond motifs is 1. The summed E-state index contributed by atoms with van der Waals surface area (Å²) in [6.07, 6.45) is 0. The second-order valence-corrected chi connectivity index (χ2v) is 3.54. The Morgan fingerprint density at radius 1 is 0.875 bits per heavy atom. The lowest BCUT2D eigenvalue weighted by molar-refractivity contribution is 0.342. The molecule has 0 unspecified atom stereocenters. The molecular weight excluding hydrogens is 203 g/mol. The first-order chi connectivity index (χ1) is 7.84. The molecule has 3 rings (SSSR count). The highest BCUT2D eigenvalue weighted by Gasteiger charge is 2.32. The first kappa shape index (κ1) is 9.30.